The maximum Gasteiger partial charge on any atom is 0.297 e. The van der Waals surface area contributed by atoms with Crippen LogP contribution in [-0.2, 0) is 19.1 Å². The van der Waals surface area contributed by atoms with Gasteiger partial charge in [-0.2, -0.15) is 8.42 Å². The van der Waals surface area contributed by atoms with Crippen molar-refractivity contribution in [3.05, 3.63) is 29.8 Å². The number of fused-ring (bicyclic) bond motifs is 5. The van der Waals surface area contributed by atoms with Gasteiger partial charge in [-0.1, -0.05) is 31.5 Å². The molecular weight excluding hydrogens is 408 g/mol. The number of carbonyl (C=O) groups is 1. The molecule has 4 aliphatic rings. The van der Waals surface area contributed by atoms with Gasteiger partial charge in [0.25, 0.3) is 10.1 Å². The van der Waals surface area contributed by atoms with Crippen LogP contribution in [0.5, 0.6) is 0 Å². The Morgan fingerprint density at radius 1 is 0.903 bits per heavy atom. The van der Waals surface area contributed by atoms with E-state index < -0.39 is 10.1 Å². The van der Waals surface area contributed by atoms with Gasteiger partial charge >= 0.3 is 0 Å². The zero-order valence-electron chi connectivity index (χ0n) is 19.1. The highest BCUT2D eigenvalue weighted by Crippen LogP contribution is 2.66. The highest BCUT2D eigenvalue weighted by atomic mass is 32.2. The second-order valence-corrected chi connectivity index (χ2v) is 12.9. The molecule has 4 aliphatic carbocycles. The molecule has 4 saturated carbocycles. The van der Waals surface area contributed by atoms with E-state index in [9.17, 15) is 13.2 Å². The first-order valence-electron chi connectivity index (χ1n) is 12.2. The van der Waals surface area contributed by atoms with Crippen molar-refractivity contribution in [1.29, 1.82) is 0 Å². The third-order valence-electron chi connectivity index (χ3n) is 9.95. The molecule has 0 saturated heterocycles. The van der Waals surface area contributed by atoms with Crippen molar-refractivity contribution in [3.63, 3.8) is 0 Å². The molecule has 0 bridgehead atoms. The van der Waals surface area contributed by atoms with Crippen LogP contribution in [0.25, 0.3) is 0 Å². The predicted octanol–water partition coefficient (Wildman–Crippen LogP) is 5.68. The smallest absolute Gasteiger partial charge is 0.297 e. The molecule has 1 aromatic carbocycles. The SMILES string of the molecule is Cc1ccc(S(=O)(=O)O[C@@H]2CC[C@H]3[C@H]4CC[C@H]5CC(=O)CC[C@]5(C)[C@@H]4CC[C@@]23C)cc1. The Hall–Kier alpha value is -1.20. The summed E-state index contributed by atoms with van der Waals surface area (Å²) in [6, 6.07) is 6.97. The van der Waals surface area contributed by atoms with Crippen molar-refractivity contribution < 1.29 is 17.4 Å². The van der Waals surface area contributed by atoms with Gasteiger partial charge in [0.2, 0.25) is 0 Å². The van der Waals surface area contributed by atoms with Crippen LogP contribution in [-0.4, -0.2) is 20.3 Å². The molecule has 0 N–H and O–H groups in total. The molecular formula is C26H36O4S. The van der Waals surface area contributed by atoms with Crippen molar-refractivity contribution >= 4 is 15.9 Å². The van der Waals surface area contributed by atoms with Crippen LogP contribution >= 0.6 is 0 Å². The van der Waals surface area contributed by atoms with E-state index in [-0.39, 0.29) is 21.8 Å². The van der Waals surface area contributed by atoms with Crippen molar-refractivity contribution in [2.24, 2.45) is 34.5 Å². The largest absolute Gasteiger partial charge is 0.300 e. The monoisotopic (exact) mass is 444 g/mol. The predicted molar refractivity (Wildman–Crippen MR) is 120 cm³/mol. The van der Waals surface area contributed by atoms with Gasteiger partial charge in [-0.3, -0.25) is 8.98 Å². The van der Waals surface area contributed by atoms with Gasteiger partial charge in [0.15, 0.2) is 0 Å². The molecule has 5 rings (SSSR count). The number of hydrogen-bond acceptors (Lipinski definition) is 4. The van der Waals surface area contributed by atoms with Crippen LogP contribution < -0.4 is 0 Å². The first-order chi connectivity index (χ1) is 14.6. The Labute approximate surface area is 187 Å². The number of carbonyl (C=O) groups excluding carboxylic acids is 1. The number of ketones is 1. The third kappa shape index (κ3) is 3.42. The average Bonchev–Trinajstić information content (AvgIpc) is 3.04. The highest BCUT2D eigenvalue weighted by Gasteiger charge is 2.61. The second kappa shape index (κ2) is 7.41. The summed E-state index contributed by atoms with van der Waals surface area (Å²) in [6.45, 7) is 6.69. The van der Waals surface area contributed by atoms with Crippen LogP contribution in [0, 0.1) is 41.4 Å². The second-order valence-electron chi connectivity index (χ2n) is 11.4. The van der Waals surface area contributed by atoms with Crippen LogP contribution in [0.2, 0.25) is 0 Å². The lowest BCUT2D eigenvalue weighted by atomic mass is 9.45. The molecule has 31 heavy (non-hydrogen) atoms. The minimum Gasteiger partial charge on any atom is -0.300 e. The Morgan fingerprint density at radius 2 is 1.61 bits per heavy atom. The Kier molecular flexibility index (Phi) is 5.17. The Morgan fingerprint density at radius 3 is 2.35 bits per heavy atom. The van der Waals surface area contributed by atoms with Gasteiger partial charge < -0.3 is 0 Å². The van der Waals surface area contributed by atoms with Crippen LogP contribution in [0.15, 0.2) is 29.2 Å². The molecule has 0 unspecified atom stereocenters. The normalized spacial score (nSPS) is 42.5. The van der Waals surface area contributed by atoms with E-state index in [2.05, 4.69) is 13.8 Å². The lowest BCUT2D eigenvalue weighted by Crippen LogP contribution is -2.54. The molecule has 0 amide bonds. The highest BCUT2D eigenvalue weighted by molar-refractivity contribution is 7.86. The molecule has 170 valence electrons. The third-order valence-corrected chi connectivity index (χ3v) is 11.3. The number of Topliss-reactive ketones (excluding diaryl/α,β-unsaturated/α-hetero) is 1. The molecule has 7 atom stereocenters. The van der Waals surface area contributed by atoms with Crippen molar-refractivity contribution in [1.82, 2.24) is 0 Å². The summed E-state index contributed by atoms with van der Waals surface area (Å²) in [5, 5.41) is 0. The summed E-state index contributed by atoms with van der Waals surface area (Å²) in [5.74, 6) is 2.85. The first-order valence-corrected chi connectivity index (χ1v) is 13.6. The summed E-state index contributed by atoms with van der Waals surface area (Å²) in [5.41, 5.74) is 1.25. The minimum atomic E-state index is -3.75. The summed E-state index contributed by atoms with van der Waals surface area (Å²) >= 11 is 0. The zero-order chi connectivity index (χ0) is 22.0. The van der Waals surface area contributed by atoms with Crippen molar-refractivity contribution in [2.75, 3.05) is 0 Å². The molecule has 0 aromatic heterocycles. The van der Waals surface area contributed by atoms with Crippen molar-refractivity contribution in [3.8, 4) is 0 Å². The van der Waals surface area contributed by atoms with Gasteiger partial charge in [0.1, 0.15) is 5.78 Å². The molecule has 4 fully saturated rings. The molecule has 0 radical (unpaired) electrons. The average molecular weight is 445 g/mol. The standard InChI is InChI=1S/C26H36O4S/c1-17-4-7-20(8-5-17)31(28,29)30-24-11-10-22-21-9-6-18-16-19(27)12-14-25(18,2)23(21)13-15-26(22,24)3/h4-5,7-8,18,21-24H,6,9-16H2,1-3H3/t18-,21+,22-,23+,24+,25-,26+/m0/s1. The summed E-state index contributed by atoms with van der Waals surface area (Å²) in [6.07, 6.45) is 8.75. The molecule has 4 nitrogen and oxygen atoms in total. The van der Waals surface area contributed by atoms with Gasteiger partial charge in [-0.15, -0.1) is 0 Å². The van der Waals surface area contributed by atoms with Gasteiger partial charge in [-0.25, -0.2) is 0 Å². The number of hydrogen-bond donors (Lipinski definition) is 0. The molecule has 1 aromatic rings. The van der Waals surface area contributed by atoms with E-state index in [0.717, 1.165) is 56.9 Å². The van der Waals surface area contributed by atoms with Gasteiger partial charge in [0.05, 0.1) is 11.0 Å². The van der Waals surface area contributed by atoms with Gasteiger partial charge in [0, 0.05) is 12.8 Å². The maximum atomic E-state index is 13.0. The summed E-state index contributed by atoms with van der Waals surface area (Å²) in [7, 11) is -3.75. The molecule has 0 spiro atoms. The van der Waals surface area contributed by atoms with E-state index in [0.29, 0.717) is 29.5 Å². The lowest BCUT2D eigenvalue weighted by molar-refractivity contribution is -0.140. The van der Waals surface area contributed by atoms with Gasteiger partial charge in [-0.05, 0) is 98.5 Å². The van der Waals surface area contributed by atoms with E-state index in [1.54, 1.807) is 12.1 Å². The summed E-state index contributed by atoms with van der Waals surface area (Å²) < 4.78 is 32.0. The molecule has 5 heteroatoms. The lowest BCUT2D eigenvalue weighted by Gasteiger charge is -2.60. The van der Waals surface area contributed by atoms with Crippen molar-refractivity contribution in [2.45, 2.75) is 89.6 Å². The topological polar surface area (TPSA) is 60.4 Å². The van der Waals surface area contributed by atoms with E-state index in [1.807, 2.05) is 19.1 Å². The maximum absolute atomic E-state index is 13.0. The molecule has 0 heterocycles. The molecule has 0 aliphatic heterocycles. The van der Waals surface area contributed by atoms with E-state index >= 15 is 0 Å². The quantitative estimate of drug-likeness (QED) is 0.563. The first kappa shape index (κ1) is 21.6. The van der Waals surface area contributed by atoms with Crippen LogP contribution in [0.4, 0.5) is 0 Å². The number of rotatable bonds is 3. The Bertz CT molecular complexity index is 968. The summed E-state index contributed by atoms with van der Waals surface area (Å²) in [4.78, 5) is 12.4. The number of aryl methyl sites for hydroxylation is 1. The van der Waals surface area contributed by atoms with E-state index in [4.69, 9.17) is 4.18 Å². The zero-order valence-corrected chi connectivity index (χ0v) is 19.9. The minimum absolute atomic E-state index is 0.0768. The number of benzene rings is 1. The van der Waals surface area contributed by atoms with E-state index in [1.165, 1.54) is 6.42 Å². The fraction of sp³-hybridized carbons (Fsp3) is 0.731. The fourth-order valence-corrected chi connectivity index (χ4v) is 9.27. The van der Waals surface area contributed by atoms with Crippen LogP contribution in [0.3, 0.4) is 0 Å². The fourth-order valence-electron chi connectivity index (χ4n) is 8.07. The Balaban J connectivity index is 1.37. The van der Waals surface area contributed by atoms with Crippen LogP contribution in [0.1, 0.15) is 77.2 Å².